The van der Waals surface area contributed by atoms with Gasteiger partial charge < -0.3 is 15.5 Å². The predicted molar refractivity (Wildman–Crippen MR) is 90.7 cm³/mol. The third-order valence-electron chi connectivity index (χ3n) is 4.44. The lowest BCUT2D eigenvalue weighted by Crippen LogP contribution is -2.45. The molecule has 2 rings (SSSR count). The van der Waals surface area contributed by atoms with Crippen LogP contribution in [0.25, 0.3) is 0 Å². The zero-order valence-corrected chi connectivity index (χ0v) is 13.7. The second-order valence-electron chi connectivity index (χ2n) is 6.12. The zero-order valence-electron chi connectivity index (χ0n) is 13.7. The highest BCUT2D eigenvalue weighted by Gasteiger charge is 2.22. The molecule has 0 unspecified atom stereocenters. The largest absolute Gasteiger partial charge is 0.340 e. The summed E-state index contributed by atoms with van der Waals surface area (Å²) in [5, 5.41) is 0. The minimum Gasteiger partial charge on any atom is -0.340 e. The second-order valence-corrected chi connectivity index (χ2v) is 6.12. The average molecular weight is 303 g/mol. The summed E-state index contributed by atoms with van der Waals surface area (Å²) in [6, 6.07) is 10.3. The lowest BCUT2D eigenvalue weighted by atomic mass is 10.1. The van der Waals surface area contributed by atoms with Crippen molar-refractivity contribution < 1.29 is 4.79 Å². The molecule has 1 amide bonds. The molecule has 4 nitrogen and oxygen atoms in total. The van der Waals surface area contributed by atoms with Gasteiger partial charge in [-0.2, -0.15) is 0 Å². The normalized spacial score (nSPS) is 18.0. The minimum atomic E-state index is -0.329. The first-order valence-electron chi connectivity index (χ1n) is 8.51. The van der Waals surface area contributed by atoms with Crippen LogP contribution in [-0.2, 0) is 11.2 Å². The number of carbonyl (C=O) groups excluding carboxylic acids is 1. The number of hydrogen-bond acceptors (Lipinski definition) is 3. The Kier molecular flexibility index (Phi) is 6.87. The molecule has 0 aliphatic carbocycles. The maximum absolute atomic E-state index is 12.2. The Morgan fingerprint density at radius 2 is 1.95 bits per heavy atom. The van der Waals surface area contributed by atoms with Crippen molar-refractivity contribution in [1.29, 1.82) is 0 Å². The third-order valence-corrected chi connectivity index (χ3v) is 4.44. The molecule has 1 aliphatic rings. The van der Waals surface area contributed by atoms with Crippen LogP contribution in [0.5, 0.6) is 0 Å². The summed E-state index contributed by atoms with van der Waals surface area (Å²) in [4.78, 5) is 16.6. The van der Waals surface area contributed by atoms with Crippen LogP contribution >= 0.6 is 0 Å². The average Bonchev–Trinajstić information content (AvgIpc) is 2.80. The summed E-state index contributed by atoms with van der Waals surface area (Å²) in [5.41, 5.74) is 7.28. The number of nitrogens with two attached hydrogens (primary N) is 1. The van der Waals surface area contributed by atoms with Gasteiger partial charge in [-0.15, -0.1) is 0 Å². The van der Waals surface area contributed by atoms with Crippen molar-refractivity contribution in [2.24, 2.45) is 5.73 Å². The summed E-state index contributed by atoms with van der Waals surface area (Å²) in [6.45, 7) is 6.80. The van der Waals surface area contributed by atoms with E-state index in [0.29, 0.717) is 0 Å². The van der Waals surface area contributed by atoms with Crippen LogP contribution in [0.4, 0.5) is 0 Å². The van der Waals surface area contributed by atoms with Crippen LogP contribution < -0.4 is 5.73 Å². The first kappa shape index (κ1) is 17.0. The Hall–Kier alpha value is -1.39. The van der Waals surface area contributed by atoms with Crippen molar-refractivity contribution in [1.82, 2.24) is 9.80 Å². The molecule has 1 heterocycles. The number of hydrogen-bond donors (Lipinski definition) is 1. The number of benzene rings is 1. The highest BCUT2D eigenvalue weighted by atomic mass is 16.2. The molecular formula is C18H29N3O. The van der Waals surface area contributed by atoms with Crippen molar-refractivity contribution >= 4 is 5.91 Å². The van der Waals surface area contributed by atoms with Crippen LogP contribution in [0.1, 0.15) is 31.7 Å². The molecule has 1 aromatic rings. The lowest BCUT2D eigenvalue weighted by Gasteiger charge is -2.24. The molecule has 1 aromatic carbocycles. The fourth-order valence-corrected chi connectivity index (χ4v) is 2.98. The van der Waals surface area contributed by atoms with Gasteiger partial charge in [0, 0.05) is 19.6 Å². The summed E-state index contributed by atoms with van der Waals surface area (Å²) in [7, 11) is 0. The monoisotopic (exact) mass is 303 g/mol. The van der Waals surface area contributed by atoms with Gasteiger partial charge in [-0.1, -0.05) is 37.3 Å². The predicted octanol–water partition coefficient (Wildman–Crippen LogP) is 1.89. The van der Waals surface area contributed by atoms with Gasteiger partial charge in [-0.05, 0) is 44.3 Å². The molecule has 122 valence electrons. The van der Waals surface area contributed by atoms with Gasteiger partial charge in [-0.25, -0.2) is 0 Å². The standard InChI is InChI=1S/C18H29N3O/c1-2-17(19)18(22)21-13-7-12-20(14-15-21)11-6-10-16-8-4-3-5-9-16/h3-5,8-9,17H,2,6-7,10-15,19H2,1H3/t17-/m1/s1. The number of aryl methyl sites for hydroxylation is 1. The highest BCUT2D eigenvalue weighted by Crippen LogP contribution is 2.08. The van der Waals surface area contributed by atoms with E-state index >= 15 is 0 Å². The van der Waals surface area contributed by atoms with E-state index in [-0.39, 0.29) is 11.9 Å². The van der Waals surface area contributed by atoms with Gasteiger partial charge in [0.15, 0.2) is 0 Å². The van der Waals surface area contributed by atoms with E-state index < -0.39 is 0 Å². The molecule has 0 saturated carbocycles. The van der Waals surface area contributed by atoms with Crippen molar-refractivity contribution in [2.45, 2.75) is 38.6 Å². The highest BCUT2D eigenvalue weighted by molar-refractivity contribution is 5.81. The molecular weight excluding hydrogens is 274 g/mol. The van der Waals surface area contributed by atoms with Crippen LogP contribution in [0.15, 0.2) is 30.3 Å². The molecule has 22 heavy (non-hydrogen) atoms. The van der Waals surface area contributed by atoms with Gasteiger partial charge in [-0.3, -0.25) is 4.79 Å². The Morgan fingerprint density at radius 3 is 2.68 bits per heavy atom. The molecule has 1 atom stereocenters. The van der Waals surface area contributed by atoms with E-state index in [2.05, 4.69) is 35.2 Å². The van der Waals surface area contributed by atoms with Gasteiger partial charge in [0.05, 0.1) is 6.04 Å². The fraction of sp³-hybridized carbons (Fsp3) is 0.611. The van der Waals surface area contributed by atoms with Crippen molar-refractivity contribution in [3.8, 4) is 0 Å². The minimum absolute atomic E-state index is 0.119. The zero-order chi connectivity index (χ0) is 15.8. The molecule has 1 fully saturated rings. The van der Waals surface area contributed by atoms with E-state index in [0.717, 1.165) is 52.0 Å². The molecule has 1 saturated heterocycles. The molecule has 0 spiro atoms. The van der Waals surface area contributed by atoms with Crippen LogP contribution in [-0.4, -0.2) is 54.5 Å². The molecule has 0 radical (unpaired) electrons. The molecule has 2 N–H and O–H groups in total. The summed E-state index contributed by atoms with van der Waals surface area (Å²) >= 11 is 0. The first-order chi connectivity index (χ1) is 10.7. The SMILES string of the molecule is CC[C@@H](N)C(=O)N1CCCN(CCCc2ccccc2)CC1. The van der Waals surface area contributed by atoms with E-state index in [4.69, 9.17) is 5.73 Å². The third kappa shape index (κ3) is 5.11. The second kappa shape index (κ2) is 8.91. The molecule has 0 bridgehead atoms. The van der Waals surface area contributed by atoms with Crippen LogP contribution in [0.3, 0.4) is 0 Å². The summed E-state index contributed by atoms with van der Waals surface area (Å²) < 4.78 is 0. The molecule has 0 aromatic heterocycles. The van der Waals surface area contributed by atoms with Crippen molar-refractivity contribution in [3.63, 3.8) is 0 Å². The fourth-order valence-electron chi connectivity index (χ4n) is 2.98. The quantitative estimate of drug-likeness (QED) is 0.873. The van der Waals surface area contributed by atoms with E-state index in [1.165, 1.54) is 12.0 Å². The Balaban J connectivity index is 1.72. The Labute approximate surface area is 134 Å². The van der Waals surface area contributed by atoms with E-state index in [1.807, 2.05) is 11.8 Å². The first-order valence-corrected chi connectivity index (χ1v) is 8.51. The van der Waals surface area contributed by atoms with E-state index in [9.17, 15) is 4.79 Å². The van der Waals surface area contributed by atoms with E-state index in [1.54, 1.807) is 0 Å². The summed E-state index contributed by atoms with van der Waals surface area (Å²) in [5.74, 6) is 0.119. The van der Waals surface area contributed by atoms with Crippen molar-refractivity contribution in [2.75, 3.05) is 32.7 Å². The van der Waals surface area contributed by atoms with Crippen LogP contribution in [0, 0.1) is 0 Å². The molecule has 1 aliphatic heterocycles. The lowest BCUT2D eigenvalue weighted by molar-refractivity contribution is -0.132. The smallest absolute Gasteiger partial charge is 0.239 e. The number of carbonyl (C=O) groups is 1. The maximum Gasteiger partial charge on any atom is 0.239 e. The van der Waals surface area contributed by atoms with Gasteiger partial charge >= 0.3 is 0 Å². The van der Waals surface area contributed by atoms with Crippen LogP contribution in [0.2, 0.25) is 0 Å². The molecule has 4 heteroatoms. The Bertz CT molecular complexity index is 449. The Morgan fingerprint density at radius 1 is 1.18 bits per heavy atom. The summed E-state index contributed by atoms with van der Waals surface area (Å²) in [6.07, 6.45) is 4.07. The van der Waals surface area contributed by atoms with Crippen molar-refractivity contribution in [3.05, 3.63) is 35.9 Å². The number of rotatable bonds is 6. The van der Waals surface area contributed by atoms with Gasteiger partial charge in [0.25, 0.3) is 0 Å². The maximum atomic E-state index is 12.2. The number of amides is 1. The topological polar surface area (TPSA) is 49.6 Å². The van der Waals surface area contributed by atoms with Gasteiger partial charge in [0.2, 0.25) is 5.91 Å². The number of nitrogens with zero attached hydrogens (tertiary/aromatic N) is 2. The van der Waals surface area contributed by atoms with Gasteiger partial charge in [0.1, 0.15) is 0 Å².